The highest BCUT2D eigenvalue weighted by Crippen LogP contribution is 2.22. The summed E-state index contributed by atoms with van der Waals surface area (Å²) in [5, 5.41) is 13.4. The SMILES string of the molecule is CCCCc1nnc(NC(=O)c2cc(C)nc3ccccc23)s1. The van der Waals surface area contributed by atoms with Gasteiger partial charge in [-0.15, -0.1) is 10.2 Å². The molecule has 0 atom stereocenters. The molecule has 0 unspecified atom stereocenters. The summed E-state index contributed by atoms with van der Waals surface area (Å²) in [6.45, 7) is 4.03. The summed E-state index contributed by atoms with van der Waals surface area (Å²) in [6.07, 6.45) is 3.10. The number of amides is 1. The number of nitrogens with one attached hydrogen (secondary N) is 1. The summed E-state index contributed by atoms with van der Waals surface area (Å²) in [4.78, 5) is 17.1. The molecule has 3 rings (SSSR count). The van der Waals surface area contributed by atoms with Crippen molar-refractivity contribution in [2.75, 3.05) is 5.32 Å². The lowest BCUT2D eigenvalue weighted by Gasteiger charge is -2.07. The second-order valence-electron chi connectivity index (χ2n) is 5.39. The summed E-state index contributed by atoms with van der Waals surface area (Å²) >= 11 is 1.44. The maximum absolute atomic E-state index is 12.6. The number of aromatic nitrogens is 3. The zero-order chi connectivity index (χ0) is 16.2. The minimum Gasteiger partial charge on any atom is -0.296 e. The first-order chi connectivity index (χ1) is 11.2. The molecule has 1 N–H and O–H groups in total. The Balaban J connectivity index is 1.85. The van der Waals surface area contributed by atoms with E-state index in [1.165, 1.54) is 11.3 Å². The first-order valence-electron chi connectivity index (χ1n) is 7.67. The second kappa shape index (κ2) is 6.83. The van der Waals surface area contributed by atoms with E-state index in [4.69, 9.17) is 0 Å². The Hall–Kier alpha value is -2.34. The van der Waals surface area contributed by atoms with Gasteiger partial charge in [-0.2, -0.15) is 0 Å². The second-order valence-corrected chi connectivity index (χ2v) is 6.45. The molecule has 3 aromatic rings. The van der Waals surface area contributed by atoms with Crippen molar-refractivity contribution in [1.82, 2.24) is 15.2 Å². The minimum absolute atomic E-state index is 0.176. The van der Waals surface area contributed by atoms with E-state index in [0.29, 0.717) is 10.7 Å². The molecule has 0 fully saturated rings. The van der Waals surface area contributed by atoms with Crippen LogP contribution in [0, 0.1) is 6.92 Å². The number of hydrogen-bond acceptors (Lipinski definition) is 5. The van der Waals surface area contributed by atoms with E-state index in [2.05, 4.69) is 27.4 Å². The van der Waals surface area contributed by atoms with Crippen LogP contribution in [0.2, 0.25) is 0 Å². The Bertz CT molecular complexity index is 843. The summed E-state index contributed by atoms with van der Waals surface area (Å²) < 4.78 is 0. The molecule has 0 saturated heterocycles. The molecule has 0 radical (unpaired) electrons. The van der Waals surface area contributed by atoms with Crippen molar-refractivity contribution >= 4 is 33.3 Å². The average molecular weight is 326 g/mol. The summed E-state index contributed by atoms with van der Waals surface area (Å²) in [6, 6.07) is 9.44. The monoisotopic (exact) mass is 326 g/mol. The van der Waals surface area contributed by atoms with E-state index < -0.39 is 0 Å². The van der Waals surface area contributed by atoms with Crippen LogP contribution in [0.5, 0.6) is 0 Å². The van der Waals surface area contributed by atoms with Crippen LogP contribution in [-0.2, 0) is 6.42 Å². The number of fused-ring (bicyclic) bond motifs is 1. The first-order valence-corrected chi connectivity index (χ1v) is 8.49. The third-order valence-electron chi connectivity index (χ3n) is 3.52. The molecule has 5 nitrogen and oxygen atoms in total. The molecule has 0 spiro atoms. The number of nitrogens with zero attached hydrogens (tertiary/aromatic N) is 3. The maximum atomic E-state index is 12.6. The predicted octanol–water partition coefficient (Wildman–Crippen LogP) is 3.99. The van der Waals surface area contributed by atoms with Gasteiger partial charge in [0.15, 0.2) is 0 Å². The first kappa shape index (κ1) is 15.6. The van der Waals surface area contributed by atoms with Crippen LogP contribution in [0.4, 0.5) is 5.13 Å². The Labute approximate surface area is 138 Å². The van der Waals surface area contributed by atoms with E-state index in [9.17, 15) is 4.79 Å². The smallest absolute Gasteiger partial charge is 0.258 e. The molecule has 0 bridgehead atoms. The molecular formula is C17H18N4OS. The third kappa shape index (κ3) is 3.53. The molecule has 0 aliphatic rings. The quantitative estimate of drug-likeness (QED) is 0.770. The number of carbonyl (C=O) groups excluding carboxylic acids is 1. The fraction of sp³-hybridized carbons (Fsp3) is 0.294. The normalized spacial score (nSPS) is 10.9. The van der Waals surface area contributed by atoms with Crippen LogP contribution in [0.3, 0.4) is 0 Å². The van der Waals surface area contributed by atoms with Gasteiger partial charge in [0.05, 0.1) is 11.1 Å². The number of carbonyl (C=O) groups is 1. The van der Waals surface area contributed by atoms with Crippen molar-refractivity contribution in [3.05, 3.63) is 46.6 Å². The number of anilines is 1. The van der Waals surface area contributed by atoms with Gasteiger partial charge in [0.2, 0.25) is 5.13 Å². The number of rotatable bonds is 5. The van der Waals surface area contributed by atoms with Gasteiger partial charge in [0, 0.05) is 17.5 Å². The topological polar surface area (TPSA) is 67.8 Å². The Morgan fingerprint density at radius 2 is 2.09 bits per heavy atom. The lowest BCUT2D eigenvalue weighted by molar-refractivity contribution is 0.102. The van der Waals surface area contributed by atoms with Crippen molar-refractivity contribution < 1.29 is 4.79 Å². The van der Waals surface area contributed by atoms with Crippen LogP contribution in [0.25, 0.3) is 10.9 Å². The largest absolute Gasteiger partial charge is 0.296 e. The highest BCUT2D eigenvalue weighted by atomic mass is 32.1. The summed E-state index contributed by atoms with van der Waals surface area (Å²) in [5.74, 6) is -0.176. The predicted molar refractivity (Wildman–Crippen MR) is 93.0 cm³/mol. The molecule has 6 heteroatoms. The van der Waals surface area contributed by atoms with Gasteiger partial charge < -0.3 is 0 Å². The van der Waals surface area contributed by atoms with E-state index >= 15 is 0 Å². The van der Waals surface area contributed by atoms with Gasteiger partial charge >= 0.3 is 0 Å². The average Bonchev–Trinajstić information content (AvgIpc) is 2.99. The van der Waals surface area contributed by atoms with Gasteiger partial charge in [-0.3, -0.25) is 15.1 Å². The number of pyridine rings is 1. The number of benzene rings is 1. The zero-order valence-electron chi connectivity index (χ0n) is 13.2. The molecule has 0 aliphatic heterocycles. The molecular weight excluding hydrogens is 308 g/mol. The maximum Gasteiger partial charge on any atom is 0.258 e. The van der Waals surface area contributed by atoms with Crippen LogP contribution in [0.1, 0.15) is 40.8 Å². The molecule has 23 heavy (non-hydrogen) atoms. The Morgan fingerprint density at radius 1 is 1.26 bits per heavy atom. The van der Waals surface area contributed by atoms with Gasteiger partial charge in [-0.1, -0.05) is 42.9 Å². The van der Waals surface area contributed by atoms with Gasteiger partial charge in [0.1, 0.15) is 5.01 Å². The van der Waals surface area contributed by atoms with E-state index in [1.54, 1.807) is 6.07 Å². The van der Waals surface area contributed by atoms with Crippen molar-refractivity contribution in [3.8, 4) is 0 Å². The highest BCUT2D eigenvalue weighted by Gasteiger charge is 2.14. The summed E-state index contributed by atoms with van der Waals surface area (Å²) in [5.41, 5.74) is 2.24. The number of para-hydroxylation sites is 1. The molecule has 0 saturated carbocycles. The summed E-state index contributed by atoms with van der Waals surface area (Å²) in [7, 11) is 0. The molecule has 2 heterocycles. The van der Waals surface area contributed by atoms with Crippen LogP contribution >= 0.6 is 11.3 Å². The van der Waals surface area contributed by atoms with Gasteiger partial charge in [-0.05, 0) is 25.5 Å². The number of unbranched alkanes of at least 4 members (excludes halogenated alkanes) is 1. The number of aryl methyl sites for hydroxylation is 2. The standard InChI is InChI=1S/C17H18N4OS/c1-3-4-9-15-20-21-17(23-15)19-16(22)13-10-11(2)18-14-8-6-5-7-12(13)14/h5-8,10H,3-4,9H2,1-2H3,(H,19,21,22). The molecule has 0 aliphatic carbocycles. The van der Waals surface area contributed by atoms with Gasteiger partial charge in [-0.25, -0.2) is 0 Å². The third-order valence-corrected chi connectivity index (χ3v) is 4.42. The van der Waals surface area contributed by atoms with Crippen LogP contribution in [-0.4, -0.2) is 21.1 Å². The lowest BCUT2D eigenvalue weighted by atomic mass is 10.1. The van der Waals surface area contributed by atoms with E-state index in [-0.39, 0.29) is 5.91 Å². The molecule has 1 amide bonds. The van der Waals surface area contributed by atoms with E-state index in [1.807, 2.05) is 31.2 Å². The van der Waals surface area contributed by atoms with Crippen molar-refractivity contribution in [3.63, 3.8) is 0 Å². The lowest BCUT2D eigenvalue weighted by Crippen LogP contribution is -2.13. The molecule has 1 aromatic carbocycles. The Kier molecular flexibility index (Phi) is 4.62. The van der Waals surface area contributed by atoms with Gasteiger partial charge in [0.25, 0.3) is 5.91 Å². The Morgan fingerprint density at radius 3 is 2.91 bits per heavy atom. The zero-order valence-corrected chi connectivity index (χ0v) is 14.0. The van der Waals surface area contributed by atoms with Crippen molar-refractivity contribution in [2.45, 2.75) is 33.1 Å². The fourth-order valence-corrected chi connectivity index (χ4v) is 3.17. The highest BCUT2D eigenvalue weighted by molar-refractivity contribution is 7.15. The van der Waals surface area contributed by atoms with Crippen molar-refractivity contribution in [2.24, 2.45) is 0 Å². The van der Waals surface area contributed by atoms with Crippen molar-refractivity contribution in [1.29, 1.82) is 0 Å². The van der Waals surface area contributed by atoms with Crippen LogP contribution in [0.15, 0.2) is 30.3 Å². The molecule has 118 valence electrons. The van der Waals surface area contributed by atoms with E-state index in [0.717, 1.165) is 40.9 Å². The number of hydrogen-bond donors (Lipinski definition) is 1. The minimum atomic E-state index is -0.176. The fourth-order valence-electron chi connectivity index (χ4n) is 2.39. The van der Waals surface area contributed by atoms with Crippen LogP contribution < -0.4 is 5.32 Å². The molecule has 2 aromatic heterocycles.